The molecule has 1 heterocycles. The zero-order valence-electron chi connectivity index (χ0n) is 8.08. The molecule has 1 aliphatic heterocycles. The molecule has 2 N–H and O–H groups in total. The van der Waals surface area contributed by atoms with Gasteiger partial charge in [0.15, 0.2) is 0 Å². The molecular formula is C11H19NO. The van der Waals surface area contributed by atoms with Crippen molar-refractivity contribution in [3.05, 3.63) is 0 Å². The molecule has 2 nitrogen and oxygen atoms in total. The highest BCUT2D eigenvalue weighted by molar-refractivity contribution is 5.00. The average Bonchev–Trinajstić information content (AvgIpc) is 2.68. The molecule has 0 unspecified atom stereocenters. The second kappa shape index (κ2) is 2.96. The summed E-state index contributed by atoms with van der Waals surface area (Å²) >= 11 is 0. The summed E-state index contributed by atoms with van der Waals surface area (Å²) in [7, 11) is 0. The summed E-state index contributed by atoms with van der Waals surface area (Å²) in [5.41, 5.74) is 0. The Kier molecular flexibility index (Phi) is 1.88. The summed E-state index contributed by atoms with van der Waals surface area (Å²) in [5, 5.41) is 12.8. The molecule has 2 heteroatoms. The van der Waals surface area contributed by atoms with Gasteiger partial charge in [0.2, 0.25) is 0 Å². The summed E-state index contributed by atoms with van der Waals surface area (Å²) in [6.07, 6.45) is 4.13. The molecule has 2 bridgehead atoms. The van der Waals surface area contributed by atoms with Gasteiger partial charge in [0, 0.05) is 6.61 Å². The summed E-state index contributed by atoms with van der Waals surface area (Å²) in [6, 6.07) is 0. The van der Waals surface area contributed by atoms with Gasteiger partial charge < -0.3 is 10.4 Å². The van der Waals surface area contributed by atoms with Crippen LogP contribution in [-0.2, 0) is 0 Å². The first-order chi connectivity index (χ1) is 6.40. The predicted octanol–water partition coefficient (Wildman–Crippen LogP) is 0.860. The largest absolute Gasteiger partial charge is 0.396 e. The van der Waals surface area contributed by atoms with Crippen molar-refractivity contribution in [2.24, 2.45) is 29.6 Å². The Hall–Kier alpha value is -0.0800. The van der Waals surface area contributed by atoms with E-state index in [0.29, 0.717) is 12.5 Å². The van der Waals surface area contributed by atoms with Crippen LogP contribution in [0.1, 0.15) is 19.3 Å². The van der Waals surface area contributed by atoms with Crippen molar-refractivity contribution in [1.82, 2.24) is 5.32 Å². The van der Waals surface area contributed by atoms with Crippen LogP contribution < -0.4 is 5.32 Å². The average molecular weight is 181 g/mol. The van der Waals surface area contributed by atoms with Crippen LogP contribution in [0.3, 0.4) is 0 Å². The summed E-state index contributed by atoms with van der Waals surface area (Å²) in [6.45, 7) is 2.91. The van der Waals surface area contributed by atoms with Crippen molar-refractivity contribution in [2.45, 2.75) is 19.3 Å². The van der Waals surface area contributed by atoms with Crippen molar-refractivity contribution in [3.63, 3.8) is 0 Å². The van der Waals surface area contributed by atoms with Crippen molar-refractivity contribution < 1.29 is 5.11 Å². The Morgan fingerprint density at radius 2 is 1.92 bits per heavy atom. The minimum Gasteiger partial charge on any atom is -0.396 e. The van der Waals surface area contributed by atoms with Gasteiger partial charge in [0.05, 0.1) is 0 Å². The molecule has 74 valence electrons. The Morgan fingerprint density at radius 3 is 2.77 bits per heavy atom. The van der Waals surface area contributed by atoms with Crippen molar-refractivity contribution in [2.75, 3.05) is 19.7 Å². The molecular weight excluding hydrogens is 162 g/mol. The lowest BCUT2D eigenvalue weighted by molar-refractivity contribution is -0.0205. The minimum absolute atomic E-state index is 0.435. The molecule has 3 saturated carbocycles. The zero-order valence-corrected chi connectivity index (χ0v) is 8.08. The molecule has 5 atom stereocenters. The van der Waals surface area contributed by atoms with Gasteiger partial charge in [-0.15, -0.1) is 0 Å². The smallest absolute Gasteiger partial charge is 0.0462 e. The molecule has 13 heavy (non-hydrogen) atoms. The topological polar surface area (TPSA) is 32.3 Å². The molecule has 0 aromatic heterocycles. The van der Waals surface area contributed by atoms with E-state index < -0.39 is 0 Å². The lowest BCUT2D eigenvalue weighted by Crippen LogP contribution is -2.45. The fraction of sp³-hybridized carbons (Fsp3) is 1.00. The van der Waals surface area contributed by atoms with Crippen LogP contribution in [0.2, 0.25) is 0 Å². The lowest BCUT2D eigenvalue weighted by atomic mass is 9.56. The number of aliphatic hydroxyl groups excluding tert-OH is 1. The molecule has 4 fully saturated rings. The van der Waals surface area contributed by atoms with E-state index in [1.54, 1.807) is 0 Å². The fourth-order valence-electron chi connectivity index (χ4n) is 4.19. The van der Waals surface area contributed by atoms with Crippen molar-refractivity contribution in [1.29, 1.82) is 0 Å². The van der Waals surface area contributed by atoms with Gasteiger partial charge in [-0.1, -0.05) is 0 Å². The van der Waals surface area contributed by atoms with E-state index >= 15 is 0 Å². The van der Waals surface area contributed by atoms with E-state index in [9.17, 15) is 5.11 Å². The standard InChI is InChI=1S/C11H19NO/c13-6-8-3-7-1-2-9(8)11-5-12-4-10(7)11/h7-13H,1-6H2/t7-,8+,9-,10-,11-/m1/s1. The number of aliphatic hydroxyl groups is 1. The van der Waals surface area contributed by atoms with Crippen molar-refractivity contribution >= 4 is 0 Å². The summed E-state index contributed by atoms with van der Waals surface area (Å²) < 4.78 is 0. The zero-order chi connectivity index (χ0) is 8.84. The van der Waals surface area contributed by atoms with Crippen LogP contribution in [0.4, 0.5) is 0 Å². The van der Waals surface area contributed by atoms with Gasteiger partial charge in [0.1, 0.15) is 0 Å². The van der Waals surface area contributed by atoms with Crippen molar-refractivity contribution in [3.8, 4) is 0 Å². The van der Waals surface area contributed by atoms with E-state index in [1.807, 2.05) is 0 Å². The number of hydrogen-bond donors (Lipinski definition) is 2. The summed E-state index contributed by atoms with van der Waals surface area (Å²) in [4.78, 5) is 0. The van der Waals surface area contributed by atoms with E-state index in [-0.39, 0.29) is 0 Å². The monoisotopic (exact) mass is 181 g/mol. The molecule has 3 aliphatic carbocycles. The minimum atomic E-state index is 0.435. The highest BCUT2D eigenvalue weighted by atomic mass is 16.3. The van der Waals surface area contributed by atoms with E-state index in [1.165, 1.54) is 32.4 Å². The molecule has 0 spiro atoms. The number of fused-ring (bicyclic) bond motifs is 2. The highest BCUT2D eigenvalue weighted by Gasteiger charge is 2.49. The number of hydrogen-bond acceptors (Lipinski definition) is 2. The maximum absolute atomic E-state index is 9.31. The SMILES string of the molecule is OC[C@@H]1C[C@H]2CC[C@H]1[C@H]1CNC[C@H]21. The molecule has 0 aromatic rings. The Labute approximate surface area is 79.7 Å². The first kappa shape index (κ1) is 8.25. The van der Waals surface area contributed by atoms with Gasteiger partial charge >= 0.3 is 0 Å². The molecule has 4 aliphatic rings. The third-order valence-corrected chi connectivity index (χ3v) is 4.78. The van der Waals surface area contributed by atoms with E-state index in [0.717, 1.165) is 23.7 Å². The number of rotatable bonds is 1. The highest BCUT2D eigenvalue weighted by Crippen LogP contribution is 2.52. The third kappa shape index (κ3) is 1.08. The Balaban J connectivity index is 1.85. The van der Waals surface area contributed by atoms with Gasteiger partial charge in [-0.3, -0.25) is 0 Å². The van der Waals surface area contributed by atoms with Crippen LogP contribution in [0.5, 0.6) is 0 Å². The number of nitrogens with one attached hydrogen (secondary N) is 1. The van der Waals surface area contributed by atoms with E-state index in [2.05, 4.69) is 5.32 Å². The van der Waals surface area contributed by atoms with Gasteiger partial charge in [-0.25, -0.2) is 0 Å². The van der Waals surface area contributed by atoms with Gasteiger partial charge in [0.25, 0.3) is 0 Å². The van der Waals surface area contributed by atoms with Crippen LogP contribution in [0, 0.1) is 29.6 Å². The maximum atomic E-state index is 9.31. The molecule has 0 radical (unpaired) electrons. The molecule has 1 saturated heterocycles. The quantitative estimate of drug-likeness (QED) is 0.629. The molecule has 0 amide bonds. The second-order valence-electron chi connectivity index (χ2n) is 5.17. The predicted molar refractivity (Wildman–Crippen MR) is 51.3 cm³/mol. The van der Waals surface area contributed by atoms with Gasteiger partial charge in [-0.2, -0.15) is 0 Å². The van der Waals surface area contributed by atoms with Crippen LogP contribution >= 0.6 is 0 Å². The summed E-state index contributed by atoms with van der Waals surface area (Å²) in [5.74, 6) is 4.28. The lowest BCUT2D eigenvalue weighted by Gasteiger charge is -2.49. The Morgan fingerprint density at radius 1 is 1.08 bits per heavy atom. The normalized spacial score (nSPS) is 53.8. The van der Waals surface area contributed by atoms with Crippen LogP contribution in [-0.4, -0.2) is 24.8 Å². The molecule has 4 rings (SSSR count). The third-order valence-electron chi connectivity index (χ3n) is 4.78. The fourth-order valence-corrected chi connectivity index (χ4v) is 4.19. The first-order valence-corrected chi connectivity index (χ1v) is 5.71. The maximum Gasteiger partial charge on any atom is 0.0462 e. The van der Waals surface area contributed by atoms with Crippen LogP contribution in [0.15, 0.2) is 0 Å². The first-order valence-electron chi connectivity index (χ1n) is 5.71. The Bertz CT molecular complexity index is 206. The molecule has 0 aromatic carbocycles. The van der Waals surface area contributed by atoms with Crippen LogP contribution in [0.25, 0.3) is 0 Å². The second-order valence-corrected chi connectivity index (χ2v) is 5.17. The van der Waals surface area contributed by atoms with Gasteiger partial charge in [-0.05, 0) is 61.9 Å². The van der Waals surface area contributed by atoms with E-state index in [4.69, 9.17) is 0 Å².